The second kappa shape index (κ2) is 8.23. The predicted molar refractivity (Wildman–Crippen MR) is 88.8 cm³/mol. The molecule has 0 radical (unpaired) electrons. The molecule has 3 nitrogen and oxygen atoms in total. The summed E-state index contributed by atoms with van der Waals surface area (Å²) in [5.74, 6) is 0.793. The van der Waals surface area contributed by atoms with Crippen molar-refractivity contribution in [1.29, 1.82) is 0 Å². The van der Waals surface area contributed by atoms with Crippen molar-refractivity contribution in [2.75, 3.05) is 13.2 Å². The number of amides is 1. The first-order valence-corrected chi connectivity index (χ1v) is 7.71. The molecule has 2 aromatic rings. The Morgan fingerprint density at radius 2 is 1.73 bits per heavy atom. The minimum absolute atomic E-state index is 0.0222. The molecule has 0 aliphatic rings. The summed E-state index contributed by atoms with van der Waals surface area (Å²) in [5.41, 5.74) is 2.18. The third-order valence-electron chi connectivity index (χ3n) is 3.51. The number of rotatable bonds is 7. The largest absolute Gasteiger partial charge is 0.484 e. The first-order valence-electron chi connectivity index (χ1n) is 7.71. The van der Waals surface area contributed by atoms with Gasteiger partial charge in [-0.2, -0.15) is 0 Å². The van der Waals surface area contributed by atoms with Crippen molar-refractivity contribution in [3.8, 4) is 5.75 Å². The quantitative estimate of drug-likeness (QED) is 0.777. The van der Waals surface area contributed by atoms with Gasteiger partial charge in [-0.3, -0.25) is 4.79 Å². The molecule has 0 aliphatic heterocycles. The van der Waals surface area contributed by atoms with Crippen LogP contribution in [-0.2, 0) is 11.3 Å². The van der Waals surface area contributed by atoms with Gasteiger partial charge in [-0.15, -0.1) is 0 Å². The van der Waals surface area contributed by atoms with Gasteiger partial charge in [0.2, 0.25) is 0 Å². The fourth-order valence-corrected chi connectivity index (χ4v) is 2.31. The third-order valence-corrected chi connectivity index (χ3v) is 3.51. The van der Waals surface area contributed by atoms with Gasteiger partial charge in [0.05, 0.1) is 0 Å². The standard InChI is InChI=1S/C19H23NO2/c1-3-13-20(14-17-10-5-4-6-11-17)19(21)15-22-18-12-8-7-9-16(18)2/h4-12H,3,13-15H2,1-2H3. The van der Waals surface area contributed by atoms with Crippen molar-refractivity contribution in [1.82, 2.24) is 4.90 Å². The molecule has 3 heteroatoms. The van der Waals surface area contributed by atoms with E-state index in [0.29, 0.717) is 6.54 Å². The first kappa shape index (κ1) is 16.1. The van der Waals surface area contributed by atoms with Crippen LogP contribution in [0.3, 0.4) is 0 Å². The molecule has 22 heavy (non-hydrogen) atoms. The lowest BCUT2D eigenvalue weighted by atomic mass is 10.2. The van der Waals surface area contributed by atoms with Crippen LogP contribution in [0.4, 0.5) is 0 Å². The molecule has 0 aromatic heterocycles. The monoisotopic (exact) mass is 297 g/mol. The fourth-order valence-electron chi connectivity index (χ4n) is 2.31. The molecule has 2 aromatic carbocycles. The Labute approximate surface area is 132 Å². The Morgan fingerprint density at radius 1 is 1.05 bits per heavy atom. The highest BCUT2D eigenvalue weighted by Gasteiger charge is 2.14. The molecule has 0 N–H and O–H groups in total. The summed E-state index contributed by atoms with van der Waals surface area (Å²) in [6, 6.07) is 17.8. The maximum absolute atomic E-state index is 12.4. The van der Waals surface area contributed by atoms with Gasteiger partial charge in [0.1, 0.15) is 5.75 Å². The van der Waals surface area contributed by atoms with Gasteiger partial charge >= 0.3 is 0 Å². The molecule has 0 fully saturated rings. The fraction of sp³-hybridized carbons (Fsp3) is 0.316. The third kappa shape index (κ3) is 4.62. The second-order valence-electron chi connectivity index (χ2n) is 5.36. The Morgan fingerprint density at radius 3 is 2.41 bits per heavy atom. The second-order valence-corrected chi connectivity index (χ2v) is 5.36. The van der Waals surface area contributed by atoms with E-state index in [2.05, 4.69) is 6.92 Å². The molecule has 116 valence electrons. The number of aryl methyl sites for hydroxylation is 1. The van der Waals surface area contributed by atoms with Crippen LogP contribution in [0.25, 0.3) is 0 Å². The zero-order valence-corrected chi connectivity index (χ0v) is 13.3. The number of nitrogens with zero attached hydrogens (tertiary/aromatic N) is 1. The lowest BCUT2D eigenvalue weighted by Crippen LogP contribution is -2.35. The average Bonchev–Trinajstić information content (AvgIpc) is 2.54. The number of carbonyl (C=O) groups excluding carboxylic acids is 1. The minimum Gasteiger partial charge on any atom is -0.484 e. The number of ether oxygens (including phenoxy) is 1. The van der Waals surface area contributed by atoms with Crippen molar-refractivity contribution < 1.29 is 9.53 Å². The highest BCUT2D eigenvalue weighted by atomic mass is 16.5. The van der Waals surface area contributed by atoms with Gasteiger partial charge < -0.3 is 9.64 Å². The average molecular weight is 297 g/mol. The zero-order valence-electron chi connectivity index (χ0n) is 13.3. The summed E-state index contributed by atoms with van der Waals surface area (Å²) in [6.45, 7) is 5.51. The lowest BCUT2D eigenvalue weighted by molar-refractivity contribution is -0.134. The smallest absolute Gasteiger partial charge is 0.260 e. The summed E-state index contributed by atoms with van der Waals surface area (Å²) in [4.78, 5) is 14.3. The van der Waals surface area contributed by atoms with Gasteiger partial charge in [-0.1, -0.05) is 55.5 Å². The van der Waals surface area contributed by atoms with E-state index in [4.69, 9.17) is 4.74 Å². The molecule has 0 saturated carbocycles. The number of benzene rings is 2. The summed E-state index contributed by atoms with van der Waals surface area (Å²) in [6.07, 6.45) is 0.933. The van der Waals surface area contributed by atoms with Crippen LogP contribution in [0.5, 0.6) is 5.75 Å². The van der Waals surface area contributed by atoms with Gasteiger partial charge in [0, 0.05) is 13.1 Å². The number of hydrogen-bond acceptors (Lipinski definition) is 2. The van der Waals surface area contributed by atoms with E-state index in [0.717, 1.165) is 29.8 Å². The van der Waals surface area contributed by atoms with Gasteiger partial charge in [0.25, 0.3) is 5.91 Å². The number of para-hydroxylation sites is 1. The first-order chi connectivity index (χ1) is 10.7. The lowest BCUT2D eigenvalue weighted by Gasteiger charge is -2.22. The molecule has 1 amide bonds. The topological polar surface area (TPSA) is 29.5 Å². The van der Waals surface area contributed by atoms with Crippen molar-refractivity contribution in [2.24, 2.45) is 0 Å². The molecule has 0 atom stereocenters. The van der Waals surface area contributed by atoms with Crippen LogP contribution >= 0.6 is 0 Å². The Balaban J connectivity index is 1.96. The maximum Gasteiger partial charge on any atom is 0.260 e. The molecule has 0 bridgehead atoms. The van der Waals surface area contributed by atoms with E-state index >= 15 is 0 Å². The number of hydrogen-bond donors (Lipinski definition) is 0. The maximum atomic E-state index is 12.4. The Hall–Kier alpha value is -2.29. The molecule has 0 spiro atoms. The van der Waals surface area contributed by atoms with Crippen LogP contribution in [-0.4, -0.2) is 24.0 Å². The van der Waals surface area contributed by atoms with Crippen LogP contribution in [0.15, 0.2) is 54.6 Å². The van der Waals surface area contributed by atoms with E-state index in [-0.39, 0.29) is 12.5 Å². The zero-order chi connectivity index (χ0) is 15.8. The van der Waals surface area contributed by atoms with E-state index in [9.17, 15) is 4.79 Å². The summed E-state index contributed by atoms with van der Waals surface area (Å²) < 4.78 is 5.67. The van der Waals surface area contributed by atoms with Crippen molar-refractivity contribution in [3.05, 3.63) is 65.7 Å². The molecule has 0 saturated heterocycles. The van der Waals surface area contributed by atoms with Crippen LogP contribution in [0, 0.1) is 6.92 Å². The van der Waals surface area contributed by atoms with Gasteiger partial charge in [-0.25, -0.2) is 0 Å². The van der Waals surface area contributed by atoms with E-state index in [1.54, 1.807) is 0 Å². The molecule has 0 heterocycles. The van der Waals surface area contributed by atoms with Gasteiger partial charge in [-0.05, 0) is 30.5 Å². The summed E-state index contributed by atoms with van der Waals surface area (Å²) >= 11 is 0. The van der Waals surface area contributed by atoms with Crippen LogP contribution in [0.1, 0.15) is 24.5 Å². The molecular formula is C19H23NO2. The van der Waals surface area contributed by atoms with E-state index in [1.165, 1.54) is 0 Å². The predicted octanol–water partition coefficient (Wildman–Crippen LogP) is 3.81. The SMILES string of the molecule is CCCN(Cc1ccccc1)C(=O)COc1ccccc1C. The molecule has 0 unspecified atom stereocenters. The minimum atomic E-state index is 0.0222. The van der Waals surface area contributed by atoms with Crippen LogP contribution < -0.4 is 4.74 Å². The Bertz CT molecular complexity index is 595. The van der Waals surface area contributed by atoms with Crippen molar-refractivity contribution in [2.45, 2.75) is 26.8 Å². The highest BCUT2D eigenvalue weighted by Crippen LogP contribution is 2.16. The van der Waals surface area contributed by atoms with Crippen LogP contribution in [0.2, 0.25) is 0 Å². The van der Waals surface area contributed by atoms with E-state index in [1.807, 2.05) is 66.4 Å². The molecule has 0 aliphatic carbocycles. The summed E-state index contributed by atoms with van der Waals surface area (Å²) in [7, 11) is 0. The van der Waals surface area contributed by atoms with Crippen molar-refractivity contribution >= 4 is 5.91 Å². The highest BCUT2D eigenvalue weighted by molar-refractivity contribution is 5.77. The Kier molecular flexibility index (Phi) is 6.01. The molecule has 2 rings (SSSR count). The summed E-state index contributed by atoms with van der Waals surface area (Å²) in [5, 5.41) is 0. The molecular weight excluding hydrogens is 274 g/mol. The normalized spacial score (nSPS) is 10.3. The van der Waals surface area contributed by atoms with Gasteiger partial charge in [0.15, 0.2) is 6.61 Å². The van der Waals surface area contributed by atoms with E-state index < -0.39 is 0 Å². The van der Waals surface area contributed by atoms with Crippen molar-refractivity contribution in [3.63, 3.8) is 0 Å². The number of carbonyl (C=O) groups is 1.